The summed E-state index contributed by atoms with van der Waals surface area (Å²) < 4.78 is 0. The Kier molecular flexibility index (Phi) is 0. The smallest absolute Gasteiger partial charge is 0.0776 e. The molecule has 0 spiro atoms. The van der Waals surface area contributed by atoms with Crippen LogP contribution >= 0.6 is 0 Å². The molecule has 0 aromatic heterocycles. The fourth-order valence-corrected chi connectivity index (χ4v) is 0. The molecule has 0 saturated heterocycles. The maximum atomic E-state index is 0. The second kappa shape index (κ2) is 0. The number of hydrogen-bond donors (Lipinski definition) is 0. The Balaban J connectivity index is 0. The zero-order valence-electron chi connectivity index (χ0n) is 0. The van der Waals surface area contributed by atoms with Crippen LogP contribution in [0.4, 0.5) is 0 Å². The van der Waals surface area contributed by atoms with E-state index in [-0.39, 0.29) is 639 Å². The molecule has 0 aromatic carbocycles. The van der Waals surface area contributed by atoms with E-state index in [0.29, 0.717) is 0 Å². The van der Waals surface area contributed by atoms with E-state index >= 15 is 0 Å². The molecule has 0 aliphatic heterocycles. The first-order valence-electron chi connectivity index (χ1n) is 0. The molecule has 0 aromatic rings. The summed E-state index contributed by atoms with van der Waals surface area (Å²) in [4.78, 5) is 0. The van der Waals surface area contributed by atoms with Gasteiger partial charge in [-0.2, -0.15) is 0 Å². The third-order valence-corrected chi connectivity index (χ3v) is 0. The van der Waals surface area contributed by atoms with Crippen molar-refractivity contribution in [1.29, 1.82) is 0 Å². The standard InChI is InChI=1S/86CH4/h86*1H4. The minimum atomic E-state index is 0. The molecule has 0 nitrogen and oxygen atoms in total. The summed E-state index contributed by atoms with van der Waals surface area (Å²) in [5.41, 5.74) is 0. The fraction of sp³-hybridized carbons (Fsp3) is 1.00. The van der Waals surface area contributed by atoms with Crippen LogP contribution in [0.5, 0.6) is 0 Å². The molecule has 0 unspecified atom stereocenters. The van der Waals surface area contributed by atoms with Gasteiger partial charge in [-0.15, -0.1) is 0 Å². The van der Waals surface area contributed by atoms with Gasteiger partial charge in [-0.3, -0.25) is 0 Å². The molecular weight excluding hydrogens is 1030 g/mol. The Bertz CT molecular complexity index is 0. The van der Waals surface area contributed by atoms with E-state index in [1.165, 1.54) is 0 Å². The highest BCUT2D eigenvalue weighted by Gasteiger charge is 0.00744. The Morgan fingerprint density at radius 1 is 0.0116 bits per heavy atom. The van der Waals surface area contributed by atoms with Crippen molar-refractivity contribution in [3.8, 4) is 0 Å². The maximum Gasteiger partial charge on any atom is -0.0776 e. The van der Waals surface area contributed by atoms with Crippen LogP contribution < -0.4 is 0 Å². The first-order valence-corrected chi connectivity index (χ1v) is 0. The second-order valence-corrected chi connectivity index (χ2v) is 0. The zero-order chi connectivity index (χ0) is 0. The number of rotatable bonds is 0. The van der Waals surface area contributed by atoms with Crippen molar-refractivity contribution < 1.29 is 0 Å². The zero-order valence-corrected chi connectivity index (χ0v) is 0. The minimum absolute atomic E-state index is 0. The van der Waals surface area contributed by atoms with Crippen LogP contribution in [0.25, 0.3) is 0 Å². The second-order valence-electron chi connectivity index (χ2n) is 0. The van der Waals surface area contributed by atoms with Crippen LogP contribution in [0.1, 0.15) is 639 Å². The average Bonchev–Trinajstić information content (AvgIpc) is 0. The Hall–Kier alpha value is 0. The van der Waals surface area contributed by atoms with Gasteiger partial charge >= 0.3 is 0 Å². The molecule has 0 radical (unpaired) electrons. The average molecular weight is 1380 g/mol. The van der Waals surface area contributed by atoms with Crippen molar-refractivity contribution >= 4 is 0 Å². The van der Waals surface area contributed by atoms with E-state index in [2.05, 4.69) is 0 Å². The summed E-state index contributed by atoms with van der Waals surface area (Å²) >= 11 is 0. The van der Waals surface area contributed by atoms with E-state index < -0.39 is 0 Å². The SMILES string of the molecule is C.C.C.C.C.C.C.C.C.C.C.C.C.C.C.C.C.C.C.C.C.C.C.C.C.C.C.C.C.C.C.C.C.C.C.C.C.C.C.C.C.C.C.C.C.C.C.C.C.C.C.C.C.C.C.C.C.C.C.C.C.C.C.C.C.C.C.C.C.C.C.C.C.C.C.C.C.C.C.C.C.C.C.C.C.C. The molecule has 0 aliphatic carbocycles. The third-order valence-electron chi connectivity index (χ3n) is 0. The molecule has 0 amide bonds. The van der Waals surface area contributed by atoms with Crippen LogP contribution in [0.2, 0.25) is 0 Å². The van der Waals surface area contributed by atoms with Crippen LogP contribution in [-0.4, -0.2) is 0 Å². The van der Waals surface area contributed by atoms with E-state index in [4.69, 9.17) is 0 Å². The van der Waals surface area contributed by atoms with Crippen molar-refractivity contribution in [2.45, 2.75) is 639 Å². The van der Waals surface area contributed by atoms with Gasteiger partial charge in [0.1, 0.15) is 0 Å². The molecular formula is C86H344. The molecule has 0 fully saturated rings. The molecule has 0 heterocycles. The summed E-state index contributed by atoms with van der Waals surface area (Å²) in [6.07, 6.45) is 0. The van der Waals surface area contributed by atoms with Crippen molar-refractivity contribution in [2.24, 2.45) is 0 Å². The van der Waals surface area contributed by atoms with E-state index in [9.17, 15) is 0 Å². The molecule has 0 atom stereocenters. The monoisotopic (exact) mass is 1380 g/mol. The van der Waals surface area contributed by atoms with Gasteiger partial charge in [0.05, 0.1) is 0 Å². The first-order chi connectivity index (χ1) is 0. The summed E-state index contributed by atoms with van der Waals surface area (Å²) in [5.74, 6) is 0. The molecule has 0 N–H and O–H groups in total. The third kappa shape index (κ3) is 0. The summed E-state index contributed by atoms with van der Waals surface area (Å²) in [7, 11) is 0. The normalized spacial score (nSPS) is 0. The van der Waals surface area contributed by atoms with Gasteiger partial charge in [-0.25, -0.2) is 0 Å². The molecule has 0 saturated carbocycles. The van der Waals surface area contributed by atoms with Gasteiger partial charge in [0.15, 0.2) is 0 Å². The molecule has 0 aliphatic rings. The predicted molar refractivity (Wildman–Crippen MR) is 579 cm³/mol. The highest BCUT2D eigenvalue weighted by Crippen LogP contribution is 0.229. The lowest BCUT2D eigenvalue weighted by Crippen LogP contribution is 0.143. The van der Waals surface area contributed by atoms with Gasteiger partial charge in [-0.1, -0.05) is 639 Å². The van der Waals surface area contributed by atoms with Gasteiger partial charge in [0.2, 0.25) is 0 Å². The number of hydrogen-bond acceptors (Lipinski definition) is 0. The van der Waals surface area contributed by atoms with Gasteiger partial charge in [-0.05, 0) is 0 Å². The predicted octanol–water partition coefficient (Wildman–Crippen LogP) is 54.7. The topological polar surface area (TPSA) is 0 Å². The van der Waals surface area contributed by atoms with Gasteiger partial charge in [0, 0.05) is 0 Å². The highest BCUT2D eigenvalue weighted by atomic mass is 12.1. The molecule has 688 valence electrons. The lowest BCUT2D eigenvalue weighted by Gasteiger charge is -0.0786. The quantitative estimate of drug-likeness (QED) is 0.227. The van der Waals surface area contributed by atoms with Crippen molar-refractivity contribution in [3.63, 3.8) is 0 Å². The van der Waals surface area contributed by atoms with Crippen LogP contribution in [-0.2, 0) is 0 Å². The van der Waals surface area contributed by atoms with Crippen LogP contribution in [0.3, 0.4) is 0 Å². The maximum absolute atomic E-state index is 0. The summed E-state index contributed by atoms with van der Waals surface area (Å²) in [5, 5.41) is 0. The lowest BCUT2D eigenvalue weighted by atomic mass is 12.0. The van der Waals surface area contributed by atoms with E-state index in [1.807, 2.05) is 0 Å². The Labute approximate surface area is 635 Å². The van der Waals surface area contributed by atoms with Crippen LogP contribution in [0.15, 0.2) is 0 Å². The van der Waals surface area contributed by atoms with Crippen LogP contribution in [0, 0.1) is 0 Å². The van der Waals surface area contributed by atoms with Gasteiger partial charge < -0.3 is 0 Å². The Morgan fingerprint density at radius 2 is 0.0116 bits per heavy atom. The molecule has 0 heteroatoms. The molecule has 86 heavy (non-hydrogen) atoms. The van der Waals surface area contributed by atoms with Crippen molar-refractivity contribution in [3.05, 3.63) is 0 Å². The molecule has 0 bridgehead atoms. The van der Waals surface area contributed by atoms with E-state index in [0.717, 1.165) is 0 Å². The molecule has 0 rings (SSSR count). The highest BCUT2D eigenvalue weighted by molar-refractivity contribution is 2.59. The minimum Gasteiger partial charge on any atom is -0.0776 e. The first kappa shape index (κ1) is 0. The fourth-order valence-electron chi connectivity index (χ4n) is 0. The van der Waals surface area contributed by atoms with Crippen molar-refractivity contribution in [2.75, 3.05) is 0 Å². The van der Waals surface area contributed by atoms with Crippen molar-refractivity contribution in [1.82, 2.24) is 0 Å². The Morgan fingerprint density at radius 3 is 0.0116 bits per heavy atom. The summed E-state index contributed by atoms with van der Waals surface area (Å²) in [6.45, 7) is 0. The largest absolute Gasteiger partial charge is 0.0776 e. The lowest BCUT2D eigenvalue weighted by molar-refractivity contribution is 2.50. The summed E-state index contributed by atoms with van der Waals surface area (Å²) in [6, 6.07) is 0. The van der Waals surface area contributed by atoms with Gasteiger partial charge in [0.25, 0.3) is 0 Å². The van der Waals surface area contributed by atoms with E-state index in [1.54, 1.807) is 0 Å².